The molecule has 0 saturated heterocycles. The van der Waals surface area contributed by atoms with E-state index >= 15 is 0 Å². The van der Waals surface area contributed by atoms with Crippen LogP contribution in [0.1, 0.15) is 10.5 Å². The van der Waals surface area contributed by atoms with Crippen LogP contribution in [0.25, 0.3) is 11.3 Å². The van der Waals surface area contributed by atoms with Crippen molar-refractivity contribution >= 4 is 21.9 Å². The van der Waals surface area contributed by atoms with E-state index in [4.69, 9.17) is 9.52 Å². The van der Waals surface area contributed by atoms with Gasteiger partial charge >= 0.3 is 5.97 Å². The van der Waals surface area contributed by atoms with E-state index in [1.165, 1.54) is 0 Å². The lowest BCUT2D eigenvalue weighted by atomic mass is 10.1. The monoisotopic (exact) mass is 303 g/mol. The quantitative estimate of drug-likeness (QED) is 0.866. The third kappa shape index (κ3) is 2.05. The van der Waals surface area contributed by atoms with Gasteiger partial charge in [-0.25, -0.2) is 18.6 Å². The highest BCUT2D eigenvalue weighted by Crippen LogP contribution is 2.29. The molecule has 0 unspecified atom stereocenters. The van der Waals surface area contributed by atoms with Crippen LogP contribution in [0, 0.1) is 11.6 Å². The van der Waals surface area contributed by atoms with Gasteiger partial charge in [0.15, 0.2) is 17.8 Å². The van der Waals surface area contributed by atoms with Gasteiger partial charge in [0.05, 0.1) is 10.0 Å². The Hall–Kier alpha value is -1.76. The van der Waals surface area contributed by atoms with Gasteiger partial charge in [0.25, 0.3) is 0 Å². The van der Waals surface area contributed by atoms with Crippen molar-refractivity contribution in [2.45, 2.75) is 0 Å². The molecular weight excluding hydrogens is 300 g/mol. The van der Waals surface area contributed by atoms with Gasteiger partial charge in [0.1, 0.15) is 11.6 Å². The molecule has 0 spiro atoms. The Bertz CT molecular complexity index is 597. The molecule has 1 aromatic heterocycles. The summed E-state index contributed by atoms with van der Waals surface area (Å²) in [5.41, 5.74) is -0.758. The number of carboxylic acids is 1. The number of halogens is 3. The second-order valence-electron chi connectivity index (χ2n) is 3.08. The summed E-state index contributed by atoms with van der Waals surface area (Å²) in [6.07, 6.45) is 0.859. The van der Waals surface area contributed by atoms with E-state index in [9.17, 15) is 13.6 Å². The zero-order valence-electron chi connectivity index (χ0n) is 8.08. The number of aromatic nitrogens is 1. The number of nitrogens with zero attached hydrogens (tertiary/aromatic N) is 1. The van der Waals surface area contributed by atoms with Crippen molar-refractivity contribution in [3.8, 4) is 11.3 Å². The van der Waals surface area contributed by atoms with Crippen LogP contribution in [0.5, 0.6) is 0 Å². The zero-order chi connectivity index (χ0) is 12.6. The van der Waals surface area contributed by atoms with E-state index in [0.29, 0.717) is 0 Å². The predicted molar refractivity (Wildman–Crippen MR) is 56.5 cm³/mol. The Morgan fingerprint density at radius 3 is 2.71 bits per heavy atom. The summed E-state index contributed by atoms with van der Waals surface area (Å²) in [7, 11) is 0. The fourth-order valence-electron chi connectivity index (χ4n) is 1.29. The molecule has 2 aromatic rings. The lowest BCUT2D eigenvalue weighted by Gasteiger charge is -2.02. The summed E-state index contributed by atoms with van der Waals surface area (Å²) in [5, 5.41) is 8.78. The van der Waals surface area contributed by atoms with E-state index in [1.54, 1.807) is 0 Å². The average molecular weight is 304 g/mol. The molecule has 1 heterocycles. The average Bonchev–Trinajstić information content (AvgIpc) is 2.72. The van der Waals surface area contributed by atoms with Crippen LogP contribution in [0.15, 0.2) is 27.4 Å². The zero-order valence-corrected chi connectivity index (χ0v) is 9.66. The van der Waals surface area contributed by atoms with Crippen molar-refractivity contribution in [3.63, 3.8) is 0 Å². The van der Waals surface area contributed by atoms with Gasteiger partial charge in [-0.3, -0.25) is 0 Å². The van der Waals surface area contributed by atoms with Gasteiger partial charge in [-0.05, 0) is 28.1 Å². The molecule has 0 aliphatic heterocycles. The minimum Gasteiger partial charge on any atom is -0.476 e. The maximum Gasteiger partial charge on any atom is 0.358 e. The molecule has 0 fully saturated rings. The highest BCUT2D eigenvalue weighted by Gasteiger charge is 2.21. The summed E-state index contributed by atoms with van der Waals surface area (Å²) in [6, 6.07) is 1.73. The SMILES string of the molecule is O=C(O)c1ncoc1-c1cc(F)c(Br)cc1F. The van der Waals surface area contributed by atoms with Crippen molar-refractivity contribution in [1.82, 2.24) is 4.98 Å². The molecular formula is C10H4BrF2NO3. The normalized spacial score (nSPS) is 10.5. The topological polar surface area (TPSA) is 63.3 Å². The Balaban J connectivity index is 2.64. The number of aromatic carboxylic acids is 1. The van der Waals surface area contributed by atoms with Gasteiger partial charge < -0.3 is 9.52 Å². The van der Waals surface area contributed by atoms with Crippen molar-refractivity contribution in [2.75, 3.05) is 0 Å². The standard InChI is InChI=1S/C10H4BrF2NO3/c11-5-2-6(12)4(1-7(5)13)9-8(10(15)16)14-3-17-9/h1-3H,(H,15,16). The summed E-state index contributed by atoms with van der Waals surface area (Å²) < 4.78 is 31.5. The van der Waals surface area contributed by atoms with Crippen LogP contribution in [-0.4, -0.2) is 16.1 Å². The largest absolute Gasteiger partial charge is 0.476 e. The maximum absolute atomic E-state index is 13.6. The molecule has 0 atom stereocenters. The molecule has 2 rings (SSSR count). The predicted octanol–water partition coefficient (Wildman–Crippen LogP) is 3.08. The Morgan fingerprint density at radius 2 is 2.06 bits per heavy atom. The second-order valence-corrected chi connectivity index (χ2v) is 3.94. The van der Waals surface area contributed by atoms with E-state index in [2.05, 4.69) is 20.9 Å². The minimum atomic E-state index is -1.38. The first-order valence-corrected chi connectivity index (χ1v) is 5.11. The Morgan fingerprint density at radius 1 is 1.35 bits per heavy atom. The van der Waals surface area contributed by atoms with Gasteiger partial charge in [0, 0.05) is 0 Å². The summed E-state index contributed by atoms with van der Waals surface area (Å²) >= 11 is 2.81. The Kier molecular flexibility index (Phi) is 2.93. The summed E-state index contributed by atoms with van der Waals surface area (Å²) in [4.78, 5) is 14.2. The number of oxazole rings is 1. The van der Waals surface area contributed by atoms with E-state index < -0.39 is 23.3 Å². The Labute approximate surface area is 102 Å². The molecule has 88 valence electrons. The fraction of sp³-hybridized carbons (Fsp3) is 0. The van der Waals surface area contributed by atoms with Crippen LogP contribution in [0.2, 0.25) is 0 Å². The molecule has 0 radical (unpaired) electrons. The van der Waals surface area contributed by atoms with E-state index in [-0.39, 0.29) is 15.8 Å². The minimum absolute atomic E-state index is 0.0601. The van der Waals surface area contributed by atoms with Crippen LogP contribution in [0.3, 0.4) is 0 Å². The van der Waals surface area contributed by atoms with Crippen molar-refractivity contribution in [3.05, 3.63) is 40.3 Å². The van der Waals surface area contributed by atoms with Crippen LogP contribution >= 0.6 is 15.9 Å². The smallest absolute Gasteiger partial charge is 0.358 e. The molecule has 17 heavy (non-hydrogen) atoms. The number of hydrogen-bond donors (Lipinski definition) is 1. The van der Waals surface area contributed by atoms with Crippen molar-refractivity contribution in [1.29, 1.82) is 0 Å². The molecule has 1 aromatic carbocycles. The van der Waals surface area contributed by atoms with Gasteiger partial charge in [-0.2, -0.15) is 0 Å². The fourth-order valence-corrected chi connectivity index (χ4v) is 1.60. The highest BCUT2D eigenvalue weighted by molar-refractivity contribution is 9.10. The lowest BCUT2D eigenvalue weighted by molar-refractivity contribution is 0.0691. The first-order chi connectivity index (χ1) is 8.00. The van der Waals surface area contributed by atoms with E-state index in [1.807, 2.05) is 0 Å². The molecule has 1 N–H and O–H groups in total. The number of carbonyl (C=O) groups is 1. The van der Waals surface area contributed by atoms with Crippen molar-refractivity contribution in [2.24, 2.45) is 0 Å². The number of rotatable bonds is 2. The van der Waals surface area contributed by atoms with Crippen LogP contribution < -0.4 is 0 Å². The van der Waals surface area contributed by atoms with Crippen LogP contribution in [-0.2, 0) is 0 Å². The first-order valence-electron chi connectivity index (χ1n) is 4.32. The molecule has 4 nitrogen and oxygen atoms in total. The van der Waals surface area contributed by atoms with Gasteiger partial charge in [-0.1, -0.05) is 0 Å². The van der Waals surface area contributed by atoms with Crippen molar-refractivity contribution < 1.29 is 23.1 Å². The van der Waals surface area contributed by atoms with Crippen LogP contribution in [0.4, 0.5) is 8.78 Å². The second kappa shape index (κ2) is 4.25. The first kappa shape index (κ1) is 11.7. The summed E-state index contributed by atoms with van der Waals surface area (Å²) in [6.45, 7) is 0. The molecule has 0 aliphatic carbocycles. The number of benzene rings is 1. The van der Waals surface area contributed by atoms with Gasteiger partial charge in [0.2, 0.25) is 0 Å². The summed E-state index contributed by atoms with van der Waals surface area (Å²) in [5.74, 6) is -3.23. The van der Waals surface area contributed by atoms with Gasteiger partial charge in [-0.15, -0.1) is 0 Å². The number of hydrogen-bond acceptors (Lipinski definition) is 3. The molecule has 0 bridgehead atoms. The number of carboxylic acid groups (broad SMARTS) is 1. The molecule has 0 saturated carbocycles. The highest BCUT2D eigenvalue weighted by atomic mass is 79.9. The molecule has 7 heteroatoms. The third-order valence-electron chi connectivity index (χ3n) is 2.02. The lowest BCUT2D eigenvalue weighted by Crippen LogP contribution is -2.00. The molecule has 0 aliphatic rings. The van der Waals surface area contributed by atoms with E-state index in [0.717, 1.165) is 18.5 Å². The third-order valence-corrected chi connectivity index (χ3v) is 2.63. The maximum atomic E-state index is 13.6. The molecule has 0 amide bonds.